The molecule has 0 aliphatic heterocycles. The molecule has 1 aliphatic carbocycles. The molecular formula is C20H24F2N6O. The lowest BCUT2D eigenvalue weighted by Crippen LogP contribution is -2.17. The molecule has 4 rings (SSSR count). The van der Waals surface area contributed by atoms with Crippen LogP contribution in [-0.2, 0) is 6.42 Å². The molecule has 7 nitrogen and oxygen atoms in total. The van der Waals surface area contributed by atoms with Gasteiger partial charge in [-0.1, -0.05) is 13.8 Å². The Morgan fingerprint density at radius 3 is 2.76 bits per heavy atom. The van der Waals surface area contributed by atoms with Gasteiger partial charge in [-0.2, -0.15) is 10.2 Å². The summed E-state index contributed by atoms with van der Waals surface area (Å²) in [6.45, 7) is 4.18. The molecule has 29 heavy (non-hydrogen) atoms. The number of anilines is 1. The second-order valence-corrected chi connectivity index (χ2v) is 7.66. The van der Waals surface area contributed by atoms with Crippen LogP contribution < -0.4 is 5.32 Å². The van der Waals surface area contributed by atoms with E-state index in [1.165, 1.54) is 12.4 Å². The van der Waals surface area contributed by atoms with E-state index in [1.807, 2.05) is 13.0 Å². The Hall–Kier alpha value is -2.84. The van der Waals surface area contributed by atoms with E-state index in [1.54, 1.807) is 15.4 Å². The number of hydrogen-bond donors (Lipinski definition) is 1. The summed E-state index contributed by atoms with van der Waals surface area (Å²) in [4.78, 5) is 17.0. The van der Waals surface area contributed by atoms with Crippen LogP contribution in [0.5, 0.6) is 0 Å². The zero-order valence-electron chi connectivity index (χ0n) is 16.5. The van der Waals surface area contributed by atoms with Crippen molar-refractivity contribution in [2.45, 2.75) is 58.4 Å². The van der Waals surface area contributed by atoms with Crippen molar-refractivity contribution < 1.29 is 13.6 Å². The summed E-state index contributed by atoms with van der Waals surface area (Å²) in [6.07, 6.45) is 6.38. The number of aryl methyl sites for hydroxylation is 1. The second-order valence-electron chi connectivity index (χ2n) is 7.66. The van der Waals surface area contributed by atoms with Gasteiger partial charge in [0.15, 0.2) is 11.3 Å². The smallest absolute Gasteiger partial charge is 0.284 e. The number of aromatic nitrogens is 5. The van der Waals surface area contributed by atoms with Gasteiger partial charge in [0.1, 0.15) is 5.56 Å². The van der Waals surface area contributed by atoms with Crippen LogP contribution in [0.15, 0.2) is 24.7 Å². The topological polar surface area (TPSA) is 77.1 Å². The zero-order chi connectivity index (χ0) is 20.5. The molecule has 0 radical (unpaired) electrons. The molecule has 1 aliphatic rings. The van der Waals surface area contributed by atoms with Crippen LogP contribution in [0.1, 0.15) is 73.7 Å². The van der Waals surface area contributed by atoms with E-state index < -0.39 is 18.0 Å². The van der Waals surface area contributed by atoms with Crippen LogP contribution >= 0.6 is 0 Å². The Balaban J connectivity index is 1.61. The molecule has 0 bridgehead atoms. The number of rotatable bonds is 5. The fourth-order valence-electron chi connectivity index (χ4n) is 3.92. The van der Waals surface area contributed by atoms with Crippen molar-refractivity contribution in [2.24, 2.45) is 5.92 Å². The van der Waals surface area contributed by atoms with Crippen molar-refractivity contribution in [2.75, 3.05) is 5.32 Å². The van der Waals surface area contributed by atoms with Gasteiger partial charge < -0.3 is 5.32 Å². The molecule has 9 heteroatoms. The van der Waals surface area contributed by atoms with Gasteiger partial charge in [-0.3, -0.25) is 9.48 Å². The first kappa shape index (κ1) is 19.5. The minimum absolute atomic E-state index is 0.0367. The highest BCUT2D eigenvalue weighted by Gasteiger charge is 2.26. The molecule has 0 atom stereocenters. The third-order valence-electron chi connectivity index (χ3n) is 5.66. The number of carbonyl (C=O) groups excluding carboxylic acids is 1. The predicted molar refractivity (Wildman–Crippen MR) is 104 cm³/mol. The van der Waals surface area contributed by atoms with Crippen molar-refractivity contribution in [3.63, 3.8) is 0 Å². The molecule has 3 aromatic rings. The van der Waals surface area contributed by atoms with Crippen molar-refractivity contribution in [3.8, 4) is 0 Å². The molecule has 1 saturated carbocycles. The molecule has 154 valence electrons. The van der Waals surface area contributed by atoms with Gasteiger partial charge in [-0.05, 0) is 44.1 Å². The average molecular weight is 402 g/mol. The van der Waals surface area contributed by atoms with E-state index in [4.69, 9.17) is 0 Å². The normalized spacial score (nSPS) is 19.8. The quantitative estimate of drug-likeness (QED) is 0.685. The van der Waals surface area contributed by atoms with Gasteiger partial charge in [0.05, 0.1) is 17.9 Å². The molecule has 1 fully saturated rings. The summed E-state index contributed by atoms with van der Waals surface area (Å²) in [6, 6.07) is 1.91. The maximum absolute atomic E-state index is 13.6. The number of hydrogen-bond acceptors (Lipinski definition) is 4. The van der Waals surface area contributed by atoms with Gasteiger partial charge in [-0.25, -0.2) is 18.3 Å². The Bertz CT molecular complexity index is 1020. The Labute approximate surface area is 167 Å². The van der Waals surface area contributed by atoms with Gasteiger partial charge in [0.25, 0.3) is 12.3 Å². The van der Waals surface area contributed by atoms with E-state index in [0.717, 1.165) is 37.8 Å². The monoisotopic (exact) mass is 402 g/mol. The summed E-state index contributed by atoms with van der Waals surface area (Å²) >= 11 is 0. The Morgan fingerprint density at radius 1 is 1.31 bits per heavy atom. The van der Waals surface area contributed by atoms with E-state index in [0.29, 0.717) is 11.6 Å². The van der Waals surface area contributed by atoms with Crippen molar-refractivity contribution in [3.05, 3.63) is 41.6 Å². The Morgan fingerprint density at radius 2 is 2.07 bits per heavy atom. The third kappa shape index (κ3) is 3.73. The average Bonchev–Trinajstić information content (AvgIpc) is 3.33. The van der Waals surface area contributed by atoms with Crippen LogP contribution in [0, 0.1) is 5.92 Å². The fourth-order valence-corrected chi connectivity index (χ4v) is 3.92. The van der Waals surface area contributed by atoms with Crippen molar-refractivity contribution in [1.82, 2.24) is 24.4 Å². The SMILES string of the molecule is CCc1ccnc2c(C(=O)Nc3cn(C4CCC(C)CC4)nc3C(F)F)cnn12. The first-order chi connectivity index (χ1) is 14.0. The maximum atomic E-state index is 13.6. The number of nitrogens with zero attached hydrogens (tertiary/aromatic N) is 5. The van der Waals surface area contributed by atoms with Crippen LogP contribution in [0.4, 0.5) is 14.5 Å². The number of amides is 1. The van der Waals surface area contributed by atoms with E-state index >= 15 is 0 Å². The van der Waals surface area contributed by atoms with E-state index in [2.05, 4.69) is 27.4 Å². The van der Waals surface area contributed by atoms with Crippen molar-refractivity contribution in [1.29, 1.82) is 0 Å². The fraction of sp³-hybridized carbons (Fsp3) is 0.500. The predicted octanol–water partition coefficient (Wildman–Crippen LogP) is 4.43. The third-order valence-corrected chi connectivity index (χ3v) is 5.66. The highest BCUT2D eigenvalue weighted by Crippen LogP contribution is 2.34. The molecule has 0 aromatic carbocycles. The number of alkyl halides is 2. The lowest BCUT2D eigenvalue weighted by molar-refractivity contribution is 0.102. The van der Waals surface area contributed by atoms with E-state index in [9.17, 15) is 13.6 Å². The minimum atomic E-state index is -2.78. The molecular weight excluding hydrogens is 378 g/mol. The van der Waals surface area contributed by atoms with Gasteiger partial charge in [-0.15, -0.1) is 0 Å². The summed E-state index contributed by atoms with van der Waals surface area (Å²) in [5.74, 6) is 0.117. The Kier molecular flexibility index (Phi) is 5.29. The summed E-state index contributed by atoms with van der Waals surface area (Å²) in [5.41, 5.74) is 1.17. The van der Waals surface area contributed by atoms with Crippen LogP contribution in [-0.4, -0.2) is 30.3 Å². The number of nitrogens with one attached hydrogen (secondary N) is 1. The summed E-state index contributed by atoms with van der Waals surface area (Å²) in [5, 5.41) is 10.9. The summed E-state index contributed by atoms with van der Waals surface area (Å²) in [7, 11) is 0. The van der Waals surface area contributed by atoms with Crippen LogP contribution in [0.25, 0.3) is 5.65 Å². The highest BCUT2D eigenvalue weighted by atomic mass is 19.3. The minimum Gasteiger partial charge on any atom is -0.319 e. The van der Waals surface area contributed by atoms with Gasteiger partial charge in [0.2, 0.25) is 0 Å². The van der Waals surface area contributed by atoms with Crippen LogP contribution in [0.3, 0.4) is 0 Å². The molecule has 1 N–H and O–H groups in total. The number of halogens is 2. The lowest BCUT2D eigenvalue weighted by atomic mass is 9.87. The first-order valence-corrected chi connectivity index (χ1v) is 9.98. The zero-order valence-corrected chi connectivity index (χ0v) is 16.5. The number of carbonyl (C=O) groups is 1. The molecule has 3 aromatic heterocycles. The molecule has 3 heterocycles. The largest absolute Gasteiger partial charge is 0.319 e. The first-order valence-electron chi connectivity index (χ1n) is 9.98. The standard InChI is InChI=1S/C20H24F2N6O/c1-3-13-8-9-23-19-15(10-24-28(13)19)20(29)25-16-11-27(26-17(16)18(21)22)14-6-4-12(2)5-7-14/h8-12,14,18H,3-7H2,1-2H3,(H,25,29). The van der Waals surface area contributed by atoms with E-state index in [-0.39, 0.29) is 17.3 Å². The van der Waals surface area contributed by atoms with Crippen LogP contribution in [0.2, 0.25) is 0 Å². The molecule has 0 saturated heterocycles. The second kappa shape index (κ2) is 7.88. The molecule has 0 unspecified atom stereocenters. The number of fused-ring (bicyclic) bond motifs is 1. The van der Waals surface area contributed by atoms with Crippen molar-refractivity contribution >= 4 is 17.2 Å². The maximum Gasteiger partial charge on any atom is 0.284 e. The highest BCUT2D eigenvalue weighted by molar-refractivity contribution is 6.08. The summed E-state index contributed by atoms with van der Waals surface area (Å²) < 4.78 is 30.3. The van der Waals surface area contributed by atoms with Gasteiger partial charge >= 0.3 is 0 Å². The molecule has 1 amide bonds. The lowest BCUT2D eigenvalue weighted by Gasteiger charge is -2.26. The van der Waals surface area contributed by atoms with Gasteiger partial charge in [0, 0.05) is 18.1 Å². The molecule has 0 spiro atoms.